The number of rotatable bonds is 2. The van der Waals surface area contributed by atoms with Gasteiger partial charge < -0.3 is 20.4 Å². The van der Waals surface area contributed by atoms with Crippen molar-refractivity contribution in [2.75, 3.05) is 32.0 Å². The summed E-state index contributed by atoms with van der Waals surface area (Å²) >= 11 is 12.5. The van der Waals surface area contributed by atoms with Gasteiger partial charge >= 0.3 is 0 Å². The lowest BCUT2D eigenvalue weighted by Gasteiger charge is -2.31. The van der Waals surface area contributed by atoms with Crippen molar-refractivity contribution in [1.82, 2.24) is 20.1 Å². The summed E-state index contributed by atoms with van der Waals surface area (Å²) in [6.45, 7) is 1.97. The first kappa shape index (κ1) is 28.7. The van der Waals surface area contributed by atoms with Gasteiger partial charge in [-0.3, -0.25) is 19.4 Å². The molecule has 2 bridgehead atoms. The van der Waals surface area contributed by atoms with Gasteiger partial charge in [0.2, 0.25) is 11.8 Å². The Kier molecular flexibility index (Phi) is 8.86. The van der Waals surface area contributed by atoms with Crippen LogP contribution in [0.5, 0.6) is 0 Å². The van der Waals surface area contributed by atoms with Crippen molar-refractivity contribution in [1.29, 1.82) is 0 Å². The number of nitrogens with one attached hydrogen (secondary N) is 2. The summed E-state index contributed by atoms with van der Waals surface area (Å²) < 4.78 is 0. The summed E-state index contributed by atoms with van der Waals surface area (Å²) in [6.07, 6.45) is 10.5. The summed E-state index contributed by atoms with van der Waals surface area (Å²) in [5.74, 6) is -0.473. The van der Waals surface area contributed by atoms with E-state index < -0.39 is 6.04 Å². The van der Waals surface area contributed by atoms with E-state index in [1.165, 1.54) is 4.90 Å². The third-order valence-corrected chi connectivity index (χ3v) is 9.14. The van der Waals surface area contributed by atoms with Crippen LogP contribution in [0.3, 0.4) is 0 Å². The molecule has 2 N–H and O–H groups in total. The number of hydrogen-bond acceptors (Lipinski definition) is 5. The number of amides is 3. The van der Waals surface area contributed by atoms with E-state index in [-0.39, 0.29) is 42.0 Å². The molecule has 1 aliphatic carbocycles. The van der Waals surface area contributed by atoms with Crippen molar-refractivity contribution in [2.24, 2.45) is 5.41 Å². The lowest BCUT2D eigenvalue weighted by atomic mass is 9.99. The van der Waals surface area contributed by atoms with E-state index in [2.05, 4.69) is 15.6 Å². The molecule has 10 heteroatoms. The second kappa shape index (κ2) is 12.4. The number of hydrogen-bond donors (Lipinski definition) is 2. The van der Waals surface area contributed by atoms with Crippen LogP contribution >= 0.6 is 23.2 Å². The molecular weight excluding hydrogens is 549 g/mol. The van der Waals surface area contributed by atoms with Crippen LogP contribution in [-0.2, 0) is 16.0 Å². The highest BCUT2D eigenvalue weighted by Crippen LogP contribution is 2.55. The average Bonchev–Trinajstić information content (AvgIpc) is 3.60. The zero-order valence-electron chi connectivity index (χ0n) is 22.9. The number of pyridine rings is 1. The predicted molar refractivity (Wildman–Crippen MR) is 157 cm³/mol. The molecule has 3 heterocycles. The lowest BCUT2D eigenvalue weighted by molar-refractivity contribution is -0.139. The van der Waals surface area contributed by atoms with Gasteiger partial charge in [-0.1, -0.05) is 42.1 Å². The van der Waals surface area contributed by atoms with E-state index in [0.29, 0.717) is 28.7 Å². The Hall–Kier alpha value is -2.84. The lowest BCUT2D eigenvalue weighted by Crippen LogP contribution is -2.50. The molecule has 1 spiro atoms. The highest BCUT2D eigenvalue weighted by atomic mass is 35.5. The van der Waals surface area contributed by atoms with Crippen LogP contribution in [0.2, 0.25) is 10.0 Å². The van der Waals surface area contributed by atoms with Crippen LogP contribution in [0.15, 0.2) is 36.7 Å². The fourth-order valence-corrected chi connectivity index (χ4v) is 6.42. The Morgan fingerprint density at radius 1 is 1.00 bits per heavy atom. The highest BCUT2D eigenvalue weighted by Gasteiger charge is 2.53. The number of likely N-dealkylation sites (N-methyl/N-ethyl adjacent to an activating group) is 1. The Morgan fingerprint density at radius 3 is 2.48 bits per heavy atom. The maximum atomic E-state index is 13.7. The van der Waals surface area contributed by atoms with Crippen LogP contribution in [-0.4, -0.2) is 71.3 Å². The molecule has 0 radical (unpaired) electrons. The summed E-state index contributed by atoms with van der Waals surface area (Å²) in [6, 6.07) is 6.08. The van der Waals surface area contributed by atoms with E-state index in [1.54, 1.807) is 37.6 Å². The van der Waals surface area contributed by atoms with Crippen molar-refractivity contribution in [2.45, 2.75) is 69.9 Å². The molecule has 5 rings (SSSR count). The number of benzene rings is 1. The average molecular weight is 587 g/mol. The Bertz CT molecular complexity index is 1270. The number of nitrogens with zero attached hydrogens (tertiary/aromatic N) is 3. The fraction of sp³-hybridized carbons (Fsp3) is 0.533. The van der Waals surface area contributed by atoms with Gasteiger partial charge in [-0.2, -0.15) is 0 Å². The minimum absolute atomic E-state index is 0.0967. The monoisotopic (exact) mass is 585 g/mol. The fourth-order valence-electron chi connectivity index (χ4n) is 5.93. The van der Waals surface area contributed by atoms with E-state index in [0.717, 1.165) is 62.7 Å². The molecule has 2 aromatic rings. The summed E-state index contributed by atoms with van der Waals surface area (Å²) in [5, 5.41) is 7.40. The zero-order valence-corrected chi connectivity index (χ0v) is 24.4. The molecule has 2 fully saturated rings. The molecule has 3 aliphatic rings. The van der Waals surface area contributed by atoms with Gasteiger partial charge in [-0.25, -0.2) is 0 Å². The first-order valence-corrected chi connectivity index (χ1v) is 15.0. The molecule has 2 atom stereocenters. The SMILES string of the molecule is CN1C(=O)C[C@H]2CC3(CC3)CN2C(=O)c2cncc(c2)NCCCCCCNC(=O)[C@H]1Cc1ccc(Cl)cc1Cl. The smallest absolute Gasteiger partial charge is 0.255 e. The normalized spacial score (nSPS) is 24.0. The van der Waals surface area contributed by atoms with Crippen LogP contribution < -0.4 is 10.6 Å². The largest absolute Gasteiger partial charge is 0.384 e. The second-order valence-corrected chi connectivity index (χ2v) is 12.4. The quantitative estimate of drug-likeness (QED) is 0.520. The van der Waals surface area contributed by atoms with E-state index >= 15 is 0 Å². The van der Waals surface area contributed by atoms with Crippen molar-refractivity contribution in [3.05, 3.63) is 57.8 Å². The molecule has 40 heavy (non-hydrogen) atoms. The number of aromatic nitrogens is 1. The number of fused-ring (bicyclic) bond motifs is 3. The molecule has 3 amide bonds. The van der Waals surface area contributed by atoms with Crippen molar-refractivity contribution >= 4 is 46.6 Å². The molecular formula is C30H37Cl2N5O3. The van der Waals surface area contributed by atoms with Crippen molar-refractivity contribution in [3.63, 3.8) is 0 Å². The Balaban J connectivity index is 1.40. The molecule has 1 aromatic carbocycles. The molecule has 0 unspecified atom stereocenters. The number of halogens is 2. The van der Waals surface area contributed by atoms with Crippen LogP contribution in [0.4, 0.5) is 5.69 Å². The van der Waals surface area contributed by atoms with Gasteiger partial charge in [-0.15, -0.1) is 0 Å². The molecule has 214 valence electrons. The number of anilines is 1. The molecule has 1 aromatic heterocycles. The van der Waals surface area contributed by atoms with Gasteiger partial charge in [-0.05, 0) is 61.3 Å². The van der Waals surface area contributed by atoms with Gasteiger partial charge in [0.05, 0.1) is 11.3 Å². The number of carbonyl (C=O) groups excluding carboxylic acids is 3. The molecule has 8 nitrogen and oxygen atoms in total. The summed E-state index contributed by atoms with van der Waals surface area (Å²) in [4.78, 5) is 48.6. The Labute approximate surface area is 245 Å². The van der Waals surface area contributed by atoms with E-state index in [4.69, 9.17) is 23.2 Å². The number of carbonyl (C=O) groups is 3. The van der Waals surface area contributed by atoms with Gasteiger partial charge in [0, 0.05) is 68.0 Å². The van der Waals surface area contributed by atoms with Crippen molar-refractivity contribution in [3.8, 4) is 0 Å². The minimum atomic E-state index is -0.737. The van der Waals surface area contributed by atoms with Crippen LogP contribution in [0, 0.1) is 5.41 Å². The van der Waals surface area contributed by atoms with E-state index in [1.807, 2.05) is 11.0 Å². The standard InChI is InChI=1S/C30H37Cl2N5O3/c1-36-26(13-20-6-7-22(31)14-25(20)32)28(39)35-11-5-3-2-4-10-34-23-12-21(17-33-18-23)29(40)37-19-30(8-9-30)16-24(37)15-27(36)38/h6-7,12,14,17-18,24,26,34H,2-5,8-11,13,15-16,19H2,1H3,(H,35,39)/t24-,26+/m0/s1. The Morgan fingerprint density at radius 2 is 1.75 bits per heavy atom. The minimum Gasteiger partial charge on any atom is -0.384 e. The van der Waals surface area contributed by atoms with Crippen LogP contribution in [0.25, 0.3) is 0 Å². The maximum absolute atomic E-state index is 13.7. The zero-order chi connectivity index (χ0) is 28.3. The molecule has 1 saturated heterocycles. The summed E-state index contributed by atoms with van der Waals surface area (Å²) in [5.41, 5.74) is 2.21. The summed E-state index contributed by atoms with van der Waals surface area (Å²) in [7, 11) is 1.67. The maximum Gasteiger partial charge on any atom is 0.255 e. The van der Waals surface area contributed by atoms with Crippen LogP contribution in [0.1, 0.15) is 67.3 Å². The third-order valence-electron chi connectivity index (χ3n) is 8.55. The van der Waals surface area contributed by atoms with Gasteiger partial charge in [0.1, 0.15) is 6.04 Å². The predicted octanol–water partition coefficient (Wildman–Crippen LogP) is 4.95. The second-order valence-electron chi connectivity index (χ2n) is 11.5. The first-order valence-electron chi connectivity index (χ1n) is 14.2. The first-order chi connectivity index (χ1) is 19.2. The van der Waals surface area contributed by atoms with Crippen molar-refractivity contribution < 1.29 is 14.4 Å². The molecule has 1 saturated carbocycles. The van der Waals surface area contributed by atoms with Gasteiger partial charge in [0.25, 0.3) is 5.91 Å². The molecule has 2 aliphatic heterocycles. The third kappa shape index (κ3) is 6.72. The highest BCUT2D eigenvalue weighted by molar-refractivity contribution is 6.35. The van der Waals surface area contributed by atoms with E-state index in [9.17, 15) is 14.4 Å². The topological polar surface area (TPSA) is 94.6 Å². The van der Waals surface area contributed by atoms with Gasteiger partial charge in [0.15, 0.2) is 0 Å².